The standard InChI is InChI=1S/C10H14N2O/c11-10(3-4-10)6-9(13)8-2-1-5-12-7-8/h1-2,5,7,9,13H,3-4,6,11H2. The number of hydrogen-bond donors (Lipinski definition) is 2. The van der Waals surface area contributed by atoms with Crippen molar-refractivity contribution in [3.8, 4) is 0 Å². The van der Waals surface area contributed by atoms with Gasteiger partial charge in [-0.3, -0.25) is 4.98 Å². The zero-order chi connectivity index (χ0) is 9.31. The molecule has 1 aliphatic rings. The first-order valence-corrected chi connectivity index (χ1v) is 4.56. The summed E-state index contributed by atoms with van der Waals surface area (Å²) in [4.78, 5) is 3.96. The third-order valence-electron chi connectivity index (χ3n) is 2.56. The van der Waals surface area contributed by atoms with Crippen LogP contribution in [0.3, 0.4) is 0 Å². The molecule has 0 aliphatic heterocycles. The number of hydrogen-bond acceptors (Lipinski definition) is 3. The Bertz CT molecular complexity index is 282. The van der Waals surface area contributed by atoms with E-state index in [1.165, 1.54) is 0 Å². The van der Waals surface area contributed by atoms with Crippen LogP contribution >= 0.6 is 0 Å². The third-order valence-corrected chi connectivity index (χ3v) is 2.56. The Morgan fingerprint density at radius 2 is 2.38 bits per heavy atom. The van der Waals surface area contributed by atoms with E-state index < -0.39 is 6.10 Å². The van der Waals surface area contributed by atoms with E-state index in [-0.39, 0.29) is 5.54 Å². The molecule has 1 atom stereocenters. The number of pyridine rings is 1. The maximum atomic E-state index is 9.78. The molecule has 1 heterocycles. The molecule has 1 aromatic rings. The highest BCUT2D eigenvalue weighted by Gasteiger charge is 2.39. The van der Waals surface area contributed by atoms with E-state index in [1.54, 1.807) is 12.4 Å². The molecule has 3 N–H and O–H groups in total. The zero-order valence-electron chi connectivity index (χ0n) is 7.48. The molecule has 3 heteroatoms. The molecular formula is C10H14N2O. The Hall–Kier alpha value is -0.930. The first-order valence-electron chi connectivity index (χ1n) is 4.56. The molecule has 1 unspecified atom stereocenters. The Balaban J connectivity index is 2.01. The van der Waals surface area contributed by atoms with Gasteiger partial charge in [0.2, 0.25) is 0 Å². The molecule has 1 aromatic heterocycles. The average molecular weight is 178 g/mol. The fourth-order valence-electron chi connectivity index (χ4n) is 1.44. The minimum atomic E-state index is -0.457. The third kappa shape index (κ3) is 2.05. The fourth-order valence-corrected chi connectivity index (χ4v) is 1.44. The Kier molecular flexibility index (Phi) is 2.06. The lowest BCUT2D eigenvalue weighted by molar-refractivity contribution is 0.154. The van der Waals surface area contributed by atoms with Crippen LogP contribution in [0, 0.1) is 0 Å². The second kappa shape index (κ2) is 3.09. The number of aliphatic hydroxyl groups is 1. The van der Waals surface area contributed by atoms with Crippen LogP contribution in [-0.2, 0) is 0 Å². The highest BCUT2D eigenvalue weighted by Crippen LogP contribution is 2.39. The lowest BCUT2D eigenvalue weighted by atomic mass is 10.0. The monoisotopic (exact) mass is 178 g/mol. The van der Waals surface area contributed by atoms with Gasteiger partial charge in [0.05, 0.1) is 6.10 Å². The van der Waals surface area contributed by atoms with Crippen LogP contribution in [0.4, 0.5) is 0 Å². The molecule has 0 bridgehead atoms. The number of rotatable bonds is 3. The molecule has 0 spiro atoms. The highest BCUT2D eigenvalue weighted by molar-refractivity contribution is 5.14. The Labute approximate surface area is 77.6 Å². The second-order valence-electron chi connectivity index (χ2n) is 3.87. The summed E-state index contributed by atoms with van der Waals surface area (Å²) in [7, 11) is 0. The van der Waals surface area contributed by atoms with Crippen LogP contribution in [0.2, 0.25) is 0 Å². The van der Waals surface area contributed by atoms with E-state index in [4.69, 9.17) is 5.73 Å². The number of aromatic nitrogens is 1. The smallest absolute Gasteiger partial charge is 0.0822 e. The van der Waals surface area contributed by atoms with Gasteiger partial charge in [-0.1, -0.05) is 6.07 Å². The molecule has 1 saturated carbocycles. The van der Waals surface area contributed by atoms with Crippen molar-refractivity contribution in [2.45, 2.75) is 30.9 Å². The van der Waals surface area contributed by atoms with Gasteiger partial charge in [0.25, 0.3) is 0 Å². The summed E-state index contributed by atoms with van der Waals surface area (Å²) in [5, 5.41) is 9.78. The lowest BCUT2D eigenvalue weighted by Crippen LogP contribution is -2.24. The van der Waals surface area contributed by atoms with Gasteiger partial charge in [0, 0.05) is 17.9 Å². The van der Waals surface area contributed by atoms with E-state index in [9.17, 15) is 5.11 Å². The van der Waals surface area contributed by atoms with Crippen LogP contribution in [0.5, 0.6) is 0 Å². The summed E-state index contributed by atoms with van der Waals surface area (Å²) in [5.74, 6) is 0. The Morgan fingerprint density at radius 3 is 2.92 bits per heavy atom. The average Bonchev–Trinajstić information content (AvgIpc) is 2.85. The molecule has 3 nitrogen and oxygen atoms in total. The maximum absolute atomic E-state index is 9.78. The topological polar surface area (TPSA) is 59.1 Å². The minimum Gasteiger partial charge on any atom is -0.388 e. The fraction of sp³-hybridized carbons (Fsp3) is 0.500. The molecule has 1 fully saturated rings. The van der Waals surface area contributed by atoms with Crippen LogP contribution in [0.25, 0.3) is 0 Å². The molecular weight excluding hydrogens is 164 g/mol. The normalized spacial score (nSPS) is 21.1. The SMILES string of the molecule is NC1(CC(O)c2cccnc2)CC1. The van der Waals surface area contributed by atoms with E-state index in [1.807, 2.05) is 12.1 Å². The van der Waals surface area contributed by atoms with Crippen molar-refractivity contribution >= 4 is 0 Å². The first kappa shape index (κ1) is 8.66. The Morgan fingerprint density at radius 1 is 1.62 bits per heavy atom. The van der Waals surface area contributed by atoms with Crippen LogP contribution in [0.15, 0.2) is 24.5 Å². The molecule has 2 rings (SSSR count). The van der Waals surface area contributed by atoms with Crippen LogP contribution < -0.4 is 5.73 Å². The minimum absolute atomic E-state index is 0.102. The summed E-state index contributed by atoms with van der Waals surface area (Å²) in [5.41, 5.74) is 6.66. The molecule has 70 valence electrons. The van der Waals surface area contributed by atoms with Crippen molar-refractivity contribution in [3.05, 3.63) is 30.1 Å². The van der Waals surface area contributed by atoms with Crippen molar-refractivity contribution in [1.29, 1.82) is 0 Å². The largest absolute Gasteiger partial charge is 0.388 e. The van der Waals surface area contributed by atoms with Gasteiger partial charge >= 0.3 is 0 Å². The van der Waals surface area contributed by atoms with Crippen molar-refractivity contribution in [3.63, 3.8) is 0 Å². The number of nitrogens with zero attached hydrogens (tertiary/aromatic N) is 1. The van der Waals surface area contributed by atoms with Gasteiger partial charge in [-0.2, -0.15) is 0 Å². The van der Waals surface area contributed by atoms with Gasteiger partial charge in [-0.05, 0) is 30.9 Å². The lowest BCUT2D eigenvalue weighted by Gasteiger charge is -2.14. The number of nitrogens with two attached hydrogens (primary N) is 1. The van der Waals surface area contributed by atoms with Crippen molar-refractivity contribution in [2.75, 3.05) is 0 Å². The van der Waals surface area contributed by atoms with Crippen molar-refractivity contribution in [2.24, 2.45) is 5.73 Å². The van der Waals surface area contributed by atoms with E-state index >= 15 is 0 Å². The van der Waals surface area contributed by atoms with Gasteiger partial charge in [0.15, 0.2) is 0 Å². The zero-order valence-corrected chi connectivity index (χ0v) is 7.48. The summed E-state index contributed by atoms with van der Waals surface area (Å²) in [6.07, 6.45) is 5.65. The molecule has 0 aromatic carbocycles. The first-order chi connectivity index (χ1) is 6.20. The van der Waals surface area contributed by atoms with Gasteiger partial charge in [0.1, 0.15) is 0 Å². The predicted octanol–water partition coefficient (Wildman–Crippen LogP) is 0.996. The van der Waals surface area contributed by atoms with E-state index in [0.29, 0.717) is 6.42 Å². The van der Waals surface area contributed by atoms with Gasteiger partial charge < -0.3 is 10.8 Å². The molecule has 13 heavy (non-hydrogen) atoms. The highest BCUT2D eigenvalue weighted by atomic mass is 16.3. The van der Waals surface area contributed by atoms with Crippen LogP contribution in [-0.4, -0.2) is 15.6 Å². The van der Waals surface area contributed by atoms with Gasteiger partial charge in [-0.25, -0.2) is 0 Å². The maximum Gasteiger partial charge on any atom is 0.0822 e. The molecule has 0 radical (unpaired) electrons. The summed E-state index contributed by atoms with van der Waals surface area (Å²) in [6.45, 7) is 0. The molecule has 0 saturated heterocycles. The van der Waals surface area contributed by atoms with Crippen LogP contribution in [0.1, 0.15) is 30.9 Å². The molecule has 1 aliphatic carbocycles. The van der Waals surface area contributed by atoms with Crippen molar-refractivity contribution in [1.82, 2.24) is 4.98 Å². The molecule has 0 amide bonds. The summed E-state index contributed by atoms with van der Waals surface area (Å²) >= 11 is 0. The van der Waals surface area contributed by atoms with Gasteiger partial charge in [-0.15, -0.1) is 0 Å². The number of aliphatic hydroxyl groups excluding tert-OH is 1. The summed E-state index contributed by atoms with van der Waals surface area (Å²) in [6, 6.07) is 3.71. The van der Waals surface area contributed by atoms with E-state index in [2.05, 4.69) is 4.98 Å². The predicted molar refractivity (Wildman–Crippen MR) is 50.0 cm³/mol. The van der Waals surface area contributed by atoms with E-state index in [0.717, 1.165) is 18.4 Å². The second-order valence-corrected chi connectivity index (χ2v) is 3.87. The van der Waals surface area contributed by atoms with Crippen molar-refractivity contribution < 1.29 is 5.11 Å². The quantitative estimate of drug-likeness (QED) is 0.725. The summed E-state index contributed by atoms with van der Waals surface area (Å²) < 4.78 is 0.